The van der Waals surface area contributed by atoms with Crippen LogP contribution in [0, 0.1) is 13.8 Å². The number of benzene rings is 3. The van der Waals surface area contributed by atoms with Crippen LogP contribution in [0.5, 0.6) is 0 Å². The molecule has 0 bridgehead atoms. The fourth-order valence-electron chi connectivity index (χ4n) is 3.72. The first-order chi connectivity index (χ1) is 16.1. The average molecular weight is 455 g/mol. The van der Waals surface area contributed by atoms with Crippen molar-refractivity contribution in [1.82, 2.24) is 20.0 Å². The standard InChI is InChI=1S/C26H22N4O2S/c1-17-12-13-18(2)20(14-17)16-33-26-28-27-24(32-26)23-21-10-6-7-11-22(21)25(31)30(29-23)15-19-8-4-3-5-9-19/h3-14H,15-16H2,1-2H3. The Hall–Kier alpha value is -3.71. The van der Waals surface area contributed by atoms with Crippen molar-refractivity contribution in [3.05, 3.63) is 105 Å². The summed E-state index contributed by atoms with van der Waals surface area (Å²) < 4.78 is 7.44. The van der Waals surface area contributed by atoms with Crippen molar-refractivity contribution in [2.45, 2.75) is 31.4 Å². The summed E-state index contributed by atoms with van der Waals surface area (Å²) in [4.78, 5) is 13.1. The fraction of sp³-hybridized carbons (Fsp3) is 0.154. The van der Waals surface area contributed by atoms with Gasteiger partial charge in [-0.2, -0.15) is 5.10 Å². The molecule has 7 heteroatoms. The maximum atomic E-state index is 13.1. The third kappa shape index (κ3) is 4.45. The molecule has 0 aliphatic carbocycles. The maximum absolute atomic E-state index is 13.1. The predicted octanol–water partition coefficient (Wildman–Crippen LogP) is 5.40. The van der Waals surface area contributed by atoms with Gasteiger partial charge in [-0.1, -0.05) is 84.1 Å². The quantitative estimate of drug-likeness (QED) is 0.320. The molecule has 164 valence electrons. The number of aryl methyl sites for hydroxylation is 2. The molecule has 2 aromatic heterocycles. The van der Waals surface area contributed by atoms with E-state index in [-0.39, 0.29) is 5.56 Å². The van der Waals surface area contributed by atoms with Crippen molar-refractivity contribution in [3.63, 3.8) is 0 Å². The molecule has 0 aliphatic heterocycles. The second kappa shape index (κ2) is 9.03. The molecule has 0 fully saturated rings. The van der Waals surface area contributed by atoms with E-state index >= 15 is 0 Å². The molecule has 0 amide bonds. The summed E-state index contributed by atoms with van der Waals surface area (Å²) in [6.07, 6.45) is 0. The lowest BCUT2D eigenvalue weighted by molar-refractivity contribution is 0.462. The molecular formula is C26H22N4O2S. The normalized spacial score (nSPS) is 11.2. The number of hydrogen-bond donors (Lipinski definition) is 0. The molecule has 33 heavy (non-hydrogen) atoms. The van der Waals surface area contributed by atoms with Crippen LogP contribution in [0.15, 0.2) is 87.2 Å². The van der Waals surface area contributed by atoms with Crippen LogP contribution in [-0.4, -0.2) is 20.0 Å². The van der Waals surface area contributed by atoms with Gasteiger partial charge in [0.2, 0.25) is 0 Å². The molecule has 3 aromatic carbocycles. The van der Waals surface area contributed by atoms with E-state index in [9.17, 15) is 4.79 Å². The lowest BCUT2D eigenvalue weighted by atomic mass is 10.1. The van der Waals surface area contributed by atoms with Gasteiger partial charge in [-0.05, 0) is 36.6 Å². The van der Waals surface area contributed by atoms with Crippen molar-refractivity contribution in [2.24, 2.45) is 0 Å². The zero-order chi connectivity index (χ0) is 22.8. The molecule has 0 saturated heterocycles. The minimum absolute atomic E-state index is 0.151. The van der Waals surface area contributed by atoms with Crippen molar-refractivity contribution in [2.75, 3.05) is 0 Å². The second-order valence-corrected chi connectivity index (χ2v) is 8.86. The average Bonchev–Trinajstić information content (AvgIpc) is 3.31. The molecule has 0 saturated carbocycles. The molecule has 0 unspecified atom stereocenters. The largest absolute Gasteiger partial charge is 0.409 e. The van der Waals surface area contributed by atoms with Crippen LogP contribution < -0.4 is 5.56 Å². The molecule has 6 nitrogen and oxygen atoms in total. The Bertz CT molecular complexity index is 1490. The number of rotatable bonds is 6. The first-order valence-corrected chi connectivity index (χ1v) is 11.6. The van der Waals surface area contributed by atoms with Crippen LogP contribution in [-0.2, 0) is 12.3 Å². The minimum atomic E-state index is -0.151. The molecule has 0 aliphatic rings. The van der Waals surface area contributed by atoms with Crippen molar-refractivity contribution in [3.8, 4) is 11.6 Å². The number of fused-ring (bicyclic) bond motifs is 1. The van der Waals surface area contributed by atoms with Gasteiger partial charge in [-0.15, -0.1) is 10.2 Å². The maximum Gasteiger partial charge on any atom is 0.277 e. The topological polar surface area (TPSA) is 73.8 Å². The van der Waals surface area contributed by atoms with E-state index in [0.717, 1.165) is 11.3 Å². The summed E-state index contributed by atoms with van der Waals surface area (Å²) in [6.45, 7) is 4.54. The smallest absolute Gasteiger partial charge is 0.277 e. The highest BCUT2D eigenvalue weighted by Gasteiger charge is 2.18. The third-order valence-corrected chi connectivity index (χ3v) is 6.37. The van der Waals surface area contributed by atoms with Gasteiger partial charge < -0.3 is 4.42 Å². The Kier molecular flexibility index (Phi) is 5.79. The van der Waals surface area contributed by atoms with E-state index in [1.54, 1.807) is 6.07 Å². The molecule has 0 atom stereocenters. The number of aromatic nitrogens is 4. The van der Waals surface area contributed by atoms with E-state index in [2.05, 4.69) is 47.3 Å². The molecule has 5 aromatic rings. The van der Waals surface area contributed by atoms with Gasteiger partial charge in [-0.25, -0.2) is 4.68 Å². The van der Waals surface area contributed by atoms with E-state index in [1.165, 1.54) is 33.1 Å². The van der Waals surface area contributed by atoms with Crippen molar-refractivity contribution >= 4 is 22.5 Å². The second-order valence-electron chi connectivity index (χ2n) is 7.93. The van der Waals surface area contributed by atoms with Gasteiger partial charge in [0.1, 0.15) is 0 Å². The zero-order valence-corrected chi connectivity index (χ0v) is 19.2. The molecule has 0 radical (unpaired) electrons. The lowest BCUT2D eigenvalue weighted by Gasteiger charge is -2.09. The van der Waals surface area contributed by atoms with Crippen LogP contribution >= 0.6 is 11.8 Å². The Balaban J connectivity index is 1.49. The highest BCUT2D eigenvalue weighted by Crippen LogP contribution is 2.29. The summed E-state index contributed by atoms with van der Waals surface area (Å²) in [5.41, 5.74) is 5.03. The zero-order valence-electron chi connectivity index (χ0n) is 18.4. The molecule has 0 N–H and O–H groups in total. The molecule has 5 rings (SSSR count). The molecule has 2 heterocycles. The Morgan fingerprint density at radius 1 is 0.909 bits per heavy atom. The van der Waals surface area contributed by atoms with Gasteiger partial charge in [0, 0.05) is 11.1 Å². The van der Waals surface area contributed by atoms with Gasteiger partial charge >= 0.3 is 0 Å². The SMILES string of the molecule is Cc1ccc(C)c(CSc2nnc(-c3nn(Cc4ccccc4)c(=O)c4ccccc34)o2)c1. The van der Waals surface area contributed by atoms with Gasteiger partial charge in [-0.3, -0.25) is 4.79 Å². The van der Waals surface area contributed by atoms with Crippen LogP contribution in [0.1, 0.15) is 22.3 Å². The molecule has 0 spiro atoms. The summed E-state index contributed by atoms with van der Waals surface area (Å²) in [6, 6.07) is 23.6. The third-order valence-electron chi connectivity index (χ3n) is 5.51. The van der Waals surface area contributed by atoms with Gasteiger partial charge in [0.25, 0.3) is 16.7 Å². The van der Waals surface area contributed by atoms with Crippen LogP contribution in [0.4, 0.5) is 0 Å². The lowest BCUT2D eigenvalue weighted by Crippen LogP contribution is -2.24. The summed E-state index contributed by atoms with van der Waals surface area (Å²) >= 11 is 1.49. The van der Waals surface area contributed by atoms with Gasteiger partial charge in [0.15, 0.2) is 5.69 Å². The van der Waals surface area contributed by atoms with Crippen molar-refractivity contribution in [1.29, 1.82) is 0 Å². The van der Waals surface area contributed by atoms with Crippen LogP contribution in [0.25, 0.3) is 22.4 Å². The predicted molar refractivity (Wildman–Crippen MR) is 130 cm³/mol. The van der Waals surface area contributed by atoms with Crippen LogP contribution in [0.3, 0.4) is 0 Å². The van der Waals surface area contributed by atoms with E-state index < -0.39 is 0 Å². The van der Waals surface area contributed by atoms with E-state index in [0.29, 0.717) is 34.1 Å². The Labute approximate surface area is 195 Å². The minimum Gasteiger partial charge on any atom is -0.409 e. The van der Waals surface area contributed by atoms with Crippen molar-refractivity contribution < 1.29 is 4.42 Å². The number of nitrogens with zero attached hydrogens (tertiary/aromatic N) is 4. The van der Waals surface area contributed by atoms with Crippen LogP contribution in [0.2, 0.25) is 0 Å². The van der Waals surface area contributed by atoms with Gasteiger partial charge in [0.05, 0.1) is 11.9 Å². The first kappa shape index (κ1) is 21.2. The highest BCUT2D eigenvalue weighted by atomic mass is 32.2. The summed E-state index contributed by atoms with van der Waals surface area (Å²) in [5, 5.41) is 14.8. The molecular weight excluding hydrogens is 432 g/mol. The summed E-state index contributed by atoms with van der Waals surface area (Å²) in [5.74, 6) is 1.04. The monoisotopic (exact) mass is 454 g/mol. The Morgan fingerprint density at radius 3 is 2.48 bits per heavy atom. The fourth-order valence-corrected chi connectivity index (χ4v) is 4.54. The Morgan fingerprint density at radius 2 is 1.67 bits per heavy atom. The first-order valence-electron chi connectivity index (χ1n) is 10.6. The highest BCUT2D eigenvalue weighted by molar-refractivity contribution is 7.98. The van der Waals surface area contributed by atoms with E-state index in [1.807, 2.05) is 48.5 Å². The summed E-state index contributed by atoms with van der Waals surface area (Å²) in [7, 11) is 0. The number of hydrogen-bond acceptors (Lipinski definition) is 6. The number of thioether (sulfide) groups is 1. The van der Waals surface area contributed by atoms with E-state index in [4.69, 9.17) is 4.42 Å².